The van der Waals surface area contributed by atoms with Crippen LogP contribution in [0.5, 0.6) is 0 Å². The fraction of sp³-hybridized carbons (Fsp3) is 0.353. The molecule has 1 fully saturated rings. The summed E-state index contributed by atoms with van der Waals surface area (Å²) in [6, 6.07) is 10.8. The largest absolute Gasteiger partial charge is 0.384 e. The monoisotopic (exact) mass is 335 g/mol. The number of alkyl halides is 2. The molecule has 0 radical (unpaired) electrons. The first-order valence-corrected chi connectivity index (χ1v) is 7.78. The molecule has 7 heteroatoms. The molecule has 0 atom stereocenters. The van der Waals surface area contributed by atoms with Gasteiger partial charge in [-0.15, -0.1) is 0 Å². The Morgan fingerprint density at radius 2 is 1.83 bits per heavy atom. The van der Waals surface area contributed by atoms with E-state index in [0.29, 0.717) is 5.69 Å². The summed E-state index contributed by atoms with van der Waals surface area (Å²) in [5.74, 6) is 0. The zero-order chi connectivity index (χ0) is 17.2. The van der Waals surface area contributed by atoms with E-state index in [0.717, 1.165) is 5.69 Å². The highest BCUT2D eigenvalue weighted by molar-refractivity contribution is 5.89. The Bertz CT molecular complexity index is 696. The number of carbonyl (C=O) groups excluding carboxylic acids is 1. The van der Waals surface area contributed by atoms with E-state index in [1.54, 1.807) is 6.07 Å². The summed E-state index contributed by atoms with van der Waals surface area (Å²) in [5.41, 5.74) is -0.449. The van der Waals surface area contributed by atoms with Crippen LogP contribution >= 0.6 is 0 Å². The number of rotatable bonds is 3. The molecule has 2 heterocycles. The molecule has 1 saturated heterocycles. The first kappa shape index (κ1) is 16.4. The summed E-state index contributed by atoms with van der Waals surface area (Å²) in [4.78, 5) is 13.7. The van der Waals surface area contributed by atoms with Gasteiger partial charge in [0.1, 0.15) is 5.60 Å². The van der Waals surface area contributed by atoms with Gasteiger partial charge in [-0.1, -0.05) is 6.07 Å². The number of nitrogens with zero attached hydrogens (tertiary/aromatic N) is 2. The Balaban J connectivity index is 1.63. The van der Waals surface area contributed by atoms with Gasteiger partial charge >= 0.3 is 6.03 Å². The van der Waals surface area contributed by atoms with Crippen molar-refractivity contribution < 1.29 is 18.7 Å². The van der Waals surface area contributed by atoms with Crippen molar-refractivity contribution in [2.75, 3.05) is 18.4 Å². The Morgan fingerprint density at radius 1 is 1.17 bits per heavy atom. The van der Waals surface area contributed by atoms with Crippen LogP contribution in [0.1, 0.15) is 12.8 Å². The van der Waals surface area contributed by atoms with Crippen LogP contribution in [0.25, 0.3) is 5.69 Å². The second-order valence-corrected chi connectivity index (χ2v) is 5.96. The molecule has 1 aliphatic rings. The molecule has 0 bridgehead atoms. The van der Waals surface area contributed by atoms with E-state index < -0.39 is 12.0 Å². The number of anilines is 1. The van der Waals surface area contributed by atoms with Gasteiger partial charge in [-0.25, -0.2) is 13.6 Å². The number of aliphatic hydroxyl groups is 1. The smallest absolute Gasteiger partial charge is 0.321 e. The summed E-state index contributed by atoms with van der Waals surface area (Å²) in [6.07, 6.45) is 0.761. The summed E-state index contributed by atoms with van der Waals surface area (Å²) in [7, 11) is 0. The van der Waals surface area contributed by atoms with Crippen LogP contribution in [-0.2, 0) is 0 Å². The highest BCUT2D eigenvalue weighted by Crippen LogP contribution is 2.28. The molecule has 1 aromatic heterocycles. The molecule has 24 heavy (non-hydrogen) atoms. The number of aromatic nitrogens is 1. The van der Waals surface area contributed by atoms with Crippen LogP contribution in [0, 0.1) is 0 Å². The van der Waals surface area contributed by atoms with E-state index >= 15 is 0 Å². The number of benzene rings is 1. The number of hydrogen-bond donors (Lipinski definition) is 2. The van der Waals surface area contributed by atoms with Crippen LogP contribution in [0.15, 0.2) is 48.8 Å². The maximum Gasteiger partial charge on any atom is 0.321 e. The van der Waals surface area contributed by atoms with Gasteiger partial charge in [0.25, 0.3) is 6.43 Å². The van der Waals surface area contributed by atoms with Crippen molar-refractivity contribution in [3.63, 3.8) is 0 Å². The van der Waals surface area contributed by atoms with E-state index in [9.17, 15) is 18.7 Å². The maximum absolute atomic E-state index is 12.8. The Hall–Kier alpha value is -2.41. The fourth-order valence-electron chi connectivity index (χ4n) is 2.77. The van der Waals surface area contributed by atoms with Crippen molar-refractivity contribution in [1.29, 1.82) is 0 Å². The van der Waals surface area contributed by atoms with E-state index in [-0.39, 0.29) is 32.0 Å². The SMILES string of the molecule is O=C(Nc1cccc(-n2cccc2)c1)N1CCC(O)(C(F)F)CC1. The summed E-state index contributed by atoms with van der Waals surface area (Å²) >= 11 is 0. The van der Waals surface area contributed by atoms with Gasteiger partial charge in [-0.3, -0.25) is 0 Å². The number of urea groups is 1. The molecular formula is C17H19F2N3O2. The van der Waals surface area contributed by atoms with Gasteiger partial charge < -0.3 is 19.9 Å². The van der Waals surface area contributed by atoms with Crippen LogP contribution < -0.4 is 5.32 Å². The Morgan fingerprint density at radius 3 is 2.46 bits per heavy atom. The highest BCUT2D eigenvalue weighted by atomic mass is 19.3. The van der Waals surface area contributed by atoms with Crippen molar-refractivity contribution in [3.8, 4) is 5.69 Å². The maximum atomic E-state index is 12.8. The third-order valence-corrected chi connectivity index (χ3v) is 4.32. The number of hydrogen-bond acceptors (Lipinski definition) is 2. The minimum absolute atomic E-state index is 0.101. The first-order chi connectivity index (χ1) is 11.5. The first-order valence-electron chi connectivity index (χ1n) is 7.78. The molecule has 3 rings (SSSR count). The van der Waals surface area contributed by atoms with Gasteiger partial charge in [0.05, 0.1) is 0 Å². The molecule has 128 valence electrons. The molecule has 0 aliphatic carbocycles. The number of likely N-dealkylation sites (tertiary alicyclic amines) is 1. The highest BCUT2D eigenvalue weighted by Gasteiger charge is 2.41. The molecule has 2 aromatic rings. The molecule has 1 aromatic carbocycles. The normalized spacial score (nSPS) is 17.1. The predicted molar refractivity (Wildman–Crippen MR) is 86.5 cm³/mol. The van der Waals surface area contributed by atoms with E-state index in [4.69, 9.17) is 0 Å². The number of piperidine rings is 1. The quantitative estimate of drug-likeness (QED) is 0.905. The lowest BCUT2D eigenvalue weighted by molar-refractivity contribution is -0.121. The van der Waals surface area contributed by atoms with Crippen molar-refractivity contribution in [2.45, 2.75) is 24.9 Å². The van der Waals surface area contributed by atoms with Gasteiger partial charge in [0.15, 0.2) is 0 Å². The molecule has 0 spiro atoms. The topological polar surface area (TPSA) is 57.5 Å². The lowest BCUT2D eigenvalue weighted by atomic mass is 9.92. The van der Waals surface area contributed by atoms with Gasteiger partial charge in [0, 0.05) is 36.9 Å². The van der Waals surface area contributed by atoms with Crippen molar-refractivity contribution in [2.24, 2.45) is 0 Å². The Labute approximate surface area is 138 Å². The third-order valence-electron chi connectivity index (χ3n) is 4.32. The number of nitrogens with one attached hydrogen (secondary N) is 1. The summed E-state index contributed by atoms with van der Waals surface area (Å²) in [6.45, 7) is 0.202. The second kappa shape index (κ2) is 6.60. The van der Waals surface area contributed by atoms with Gasteiger partial charge in [-0.2, -0.15) is 0 Å². The Kier molecular flexibility index (Phi) is 4.53. The standard InChI is InChI=1S/C17H19F2N3O2/c18-15(19)17(24)6-10-22(11-7-17)16(23)20-13-4-3-5-14(12-13)21-8-1-2-9-21/h1-5,8-9,12,15,24H,6-7,10-11H2,(H,20,23). The molecular weight excluding hydrogens is 316 g/mol. The summed E-state index contributed by atoms with van der Waals surface area (Å²) < 4.78 is 27.5. The molecule has 2 amide bonds. The summed E-state index contributed by atoms with van der Waals surface area (Å²) in [5, 5.41) is 12.5. The predicted octanol–water partition coefficient (Wildman–Crippen LogP) is 3.10. The van der Waals surface area contributed by atoms with Gasteiger partial charge in [0.2, 0.25) is 0 Å². The molecule has 2 N–H and O–H groups in total. The van der Waals surface area contributed by atoms with Crippen LogP contribution in [0.4, 0.5) is 19.3 Å². The average molecular weight is 335 g/mol. The molecule has 1 aliphatic heterocycles. The fourth-order valence-corrected chi connectivity index (χ4v) is 2.77. The van der Waals surface area contributed by atoms with Crippen molar-refractivity contribution in [3.05, 3.63) is 48.8 Å². The van der Waals surface area contributed by atoms with Crippen molar-refractivity contribution in [1.82, 2.24) is 9.47 Å². The van der Waals surface area contributed by atoms with Crippen molar-refractivity contribution >= 4 is 11.7 Å². The second-order valence-electron chi connectivity index (χ2n) is 5.96. The average Bonchev–Trinajstić information content (AvgIpc) is 3.10. The zero-order valence-electron chi connectivity index (χ0n) is 13.0. The minimum atomic E-state index is -2.79. The minimum Gasteiger partial charge on any atom is -0.384 e. The van der Waals surface area contributed by atoms with Crippen LogP contribution in [0.3, 0.4) is 0 Å². The van der Waals surface area contributed by atoms with E-state index in [2.05, 4.69) is 5.32 Å². The number of amides is 2. The van der Waals surface area contributed by atoms with Crippen LogP contribution in [0.2, 0.25) is 0 Å². The van der Waals surface area contributed by atoms with E-state index in [1.807, 2.05) is 47.3 Å². The van der Waals surface area contributed by atoms with E-state index in [1.165, 1.54) is 4.90 Å². The lowest BCUT2D eigenvalue weighted by Crippen LogP contribution is -2.51. The molecule has 5 nitrogen and oxygen atoms in total. The zero-order valence-corrected chi connectivity index (χ0v) is 13.0. The number of carbonyl (C=O) groups is 1. The molecule has 0 saturated carbocycles. The van der Waals surface area contributed by atoms with Gasteiger partial charge in [-0.05, 0) is 43.2 Å². The molecule has 0 unspecified atom stereocenters. The third kappa shape index (κ3) is 3.41. The number of halogens is 2. The lowest BCUT2D eigenvalue weighted by Gasteiger charge is -2.37. The van der Waals surface area contributed by atoms with Crippen LogP contribution in [-0.4, -0.2) is 45.7 Å².